The number of thiophene rings is 1. The Kier molecular flexibility index (Phi) is 3.59. The molecular formula is C18H15NO4S2. The van der Waals surface area contributed by atoms with Crippen molar-refractivity contribution in [3.05, 3.63) is 58.0 Å². The lowest BCUT2D eigenvalue weighted by molar-refractivity contribution is 0.0701. The van der Waals surface area contributed by atoms with Crippen molar-refractivity contribution in [1.82, 2.24) is 0 Å². The van der Waals surface area contributed by atoms with Gasteiger partial charge in [-0.3, -0.25) is 4.72 Å². The highest BCUT2D eigenvalue weighted by Gasteiger charge is 2.23. The van der Waals surface area contributed by atoms with Crippen molar-refractivity contribution in [3.8, 4) is 0 Å². The fourth-order valence-corrected chi connectivity index (χ4v) is 5.79. The summed E-state index contributed by atoms with van der Waals surface area (Å²) >= 11 is 0.768. The van der Waals surface area contributed by atoms with Crippen molar-refractivity contribution >= 4 is 43.8 Å². The molecule has 1 aliphatic carbocycles. The number of anilines is 1. The summed E-state index contributed by atoms with van der Waals surface area (Å²) in [6.45, 7) is 1.60. The Morgan fingerprint density at radius 1 is 1.16 bits per heavy atom. The second kappa shape index (κ2) is 5.57. The zero-order chi connectivity index (χ0) is 17.8. The summed E-state index contributed by atoms with van der Waals surface area (Å²) in [5.41, 5.74) is 3.42. The summed E-state index contributed by atoms with van der Waals surface area (Å²) in [6, 6.07) is 11.0. The third kappa shape index (κ3) is 2.60. The van der Waals surface area contributed by atoms with Crippen molar-refractivity contribution in [3.63, 3.8) is 0 Å². The highest BCUT2D eigenvalue weighted by molar-refractivity contribution is 7.94. The fourth-order valence-electron chi connectivity index (χ4n) is 3.33. The van der Waals surface area contributed by atoms with Gasteiger partial charge in [-0.25, -0.2) is 13.2 Å². The van der Waals surface area contributed by atoms with Gasteiger partial charge < -0.3 is 5.11 Å². The van der Waals surface area contributed by atoms with E-state index in [-0.39, 0.29) is 9.09 Å². The minimum Gasteiger partial charge on any atom is -0.477 e. The molecule has 4 rings (SSSR count). The van der Waals surface area contributed by atoms with Gasteiger partial charge in [0.1, 0.15) is 9.09 Å². The molecule has 0 unspecified atom stereocenters. The van der Waals surface area contributed by atoms with Crippen LogP contribution in [0.5, 0.6) is 0 Å². The lowest BCUT2D eigenvalue weighted by atomic mass is 10.0. The fraction of sp³-hybridized carbons (Fsp3) is 0.167. The smallest absolute Gasteiger partial charge is 0.346 e. The van der Waals surface area contributed by atoms with E-state index in [0.29, 0.717) is 11.3 Å². The zero-order valence-corrected chi connectivity index (χ0v) is 15.0. The number of aryl methyl sites for hydroxylation is 3. The van der Waals surface area contributed by atoms with E-state index >= 15 is 0 Å². The molecule has 0 atom stereocenters. The molecule has 1 aliphatic rings. The molecule has 128 valence electrons. The Balaban J connectivity index is 1.79. The van der Waals surface area contributed by atoms with Crippen molar-refractivity contribution in [1.29, 1.82) is 0 Å². The largest absolute Gasteiger partial charge is 0.477 e. The first-order chi connectivity index (χ1) is 11.9. The molecule has 2 aromatic carbocycles. The van der Waals surface area contributed by atoms with E-state index < -0.39 is 16.0 Å². The van der Waals surface area contributed by atoms with E-state index in [1.807, 2.05) is 18.2 Å². The molecule has 7 heteroatoms. The number of sulfonamides is 1. The molecule has 25 heavy (non-hydrogen) atoms. The van der Waals surface area contributed by atoms with E-state index in [1.54, 1.807) is 13.0 Å². The van der Waals surface area contributed by atoms with Gasteiger partial charge in [-0.15, -0.1) is 11.3 Å². The Morgan fingerprint density at radius 3 is 2.56 bits per heavy atom. The van der Waals surface area contributed by atoms with Gasteiger partial charge in [0.25, 0.3) is 10.0 Å². The van der Waals surface area contributed by atoms with Crippen LogP contribution >= 0.6 is 11.3 Å². The number of hydrogen-bond acceptors (Lipinski definition) is 4. The van der Waals surface area contributed by atoms with Gasteiger partial charge in [0.2, 0.25) is 0 Å². The summed E-state index contributed by atoms with van der Waals surface area (Å²) in [5, 5.41) is 11.1. The monoisotopic (exact) mass is 373 g/mol. The van der Waals surface area contributed by atoms with Crippen LogP contribution in [0.15, 0.2) is 40.6 Å². The third-order valence-electron chi connectivity index (χ3n) is 4.48. The molecule has 0 aliphatic heterocycles. The van der Waals surface area contributed by atoms with Crippen LogP contribution in [0, 0.1) is 6.92 Å². The Morgan fingerprint density at radius 2 is 1.88 bits per heavy atom. The van der Waals surface area contributed by atoms with Crippen LogP contribution in [0.25, 0.3) is 10.8 Å². The first kappa shape index (κ1) is 16.1. The number of aromatic carboxylic acids is 1. The van der Waals surface area contributed by atoms with Gasteiger partial charge in [0, 0.05) is 5.39 Å². The lowest BCUT2D eigenvalue weighted by Crippen LogP contribution is -2.11. The first-order valence-corrected chi connectivity index (χ1v) is 10.1. The summed E-state index contributed by atoms with van der Waals surface area (Å²) in [5.74, 6) is -1.12. The number of carboxylic acid groups (broad SMARTS) is 1. The van der Waals surface area contributed by atoms with Crippen LogP contribution in [0.4, 0.5) is 5.69 Å². The zero-order valence-electron chi connectivity index (χ0n) is 13.4. The second-order valence-electron chi connectivity index (χ2n) is 6.10. The average Bonchev–Trinajstić information content (AvgIpc) is 3.15. The van der Waals surface area contributed by atoms with Gasteiger partial charge in [0.05, 0.1) is 5.69 Å². The van der Waals surface area contributed by atoms with E-state index in [0.717, 1.165) is 35.0 Å². The highest BCUT2D eigenvalue weighted by Crippen LogP contribution is 2.36. The van der Waals surface area contributed by atoms with Crippen LogP contribution in [-0.4, -0.2) is 19.5 Å². The molecule has 1 aromatic heterocycles. The predicted molar refractivity (Wildman–Crippen MR) is 98.2 cm³/mol. The molecule has 0 radical (unpaired) electrons. The minimum atomic E-state index is -3.84. The first-order valence-electron chi connectivity index (χ1n) is 7.77. The van der Waals surface area contributed by atoms with Gasteiger partial charge in [-0.05, 0) is 54.0 Å². The van der Waals surface area contributed by atoms with Crippen molar-refractivity contribution in [2.45, 2.75) is 24.0 Å². The third-order valence-corrected chi connectivity index (χ3v) is 7.54. The molecule has 0 saturated carbocycles. The van der Waals surface area contributed by atoms with Crippen LogP contribution < -0.4 is 4.72 Å². The summed E-state index contributed by atoms with van der Waals surface area (Å²) in [6.07, 6.45) is 1.93. The quantitative estimate of drug-likeness (QED) is 0.728. The number of hydrogen-bond donors (Lipinski definition) is 2. The van der Waals surface area contributed by atoms with Crippen molar-refractivity contribution in [2.24, 2.45) is 0 Å². The predicted octanol–water partition coefficient (Wildman–Crippen LogP) is 3.81. The molecule has 0 fully saturated rings. The number of benzene rings is 2. The summed E-state index contributed by atoms with van der Waals surface area (Å²) in [7, 11) is -3.84. The normalized spacial score (nSPS) is 13.3. The summed E-state index contributed by atoms with van der Waals surface area (Å²) in [4.78, 5) is 11.2. The number of carboxylic acids is 1. The van der Waals surface area contributed by atoms with Crippen LogP contribution in [-0.2, 0) is 22.9 Å². The van der Waals surface area contributed by atoms with Gasteiger partial charge >= 0.3 is 5.97 Å². The van der Waals surface area contributed by atoms with Crippen LogP contribution in [0.2, 0.25) is 0 Å². The lowest BCUT2D eigenvalue weighted by Gasteiger charge is -2.11. The Labute approximate surface area is 149 Å². The van der Waals surface area contributed by atoms with E-state index in [2.05, 4.69) is 10.8 Å². The average molecular weight is 373 g/mol. The van der Waals surface area contributed by atoms with Crippen LogP contribution in [0.3, 0.4) is 0 Å². The second-order valence-corrected chi connectivity index (χ2v) is 9.06. The molecule has 3 aromatic rings. The van der Waals surface area contributed by atoms with Crippen molar-refractivity contribution in [2.75, 3.05) is 4.72 Å². The minimum absolute atomic E-state index is 0.00523. The molecule has 0 amide bonds. The highest BCUT2D eigenvalue weighted by atomic mass is 32.2. The molecule has 5 nitrogen and oxygen atoms in total. The molecular weight excluding hydrogens is 358 g/mol. The standard InChI is InChI=1S/C18H15NO4S2/c1-10-9-15(24-17(10)18(20)21)25(22,23)19-14-8-7-12-6-5-11-3-2-4-13(14)16(11)12/h2-4,7-9,19H,5-6H2,1H3,(H,20,21). The Hall–Kier alpha value is -2.38. The molecule has 0 spiro atoms. The summed E-state index contributed by atoms with van der Waals surface area (Å²) < 4.78 is 28.1. The van der Waals surface area contributed by atoms with Gasteiger partial charge in [-0.2, -0.15) is 0 Å². The van der Waals surface area contributed by atoms with Crippen molar-refractivity contribution < 1.29 is 18.3 Å². The van der Waals surface area contributed by atoms with Gasteiger partial charge in [0.15, 0.2) is 0 Å². The molecule has 0 bridgehead atoms. The maximum absolute atomic E-state index is 12.7. The van der Waals surface area contributed by atoms with E-state index in [4.69, 9.17) is 5.11 Å². The maximum Gasteiger partial charge on any atom is 0.346 e. The Bertz CT molecular complexity index is 1120. The topological polar surface area (TPSA) is 83.5 Å². The molecule has 2 N–H and O–H groups in total. The van der Waals surface area contributed by atoms with Crippen LogP contribution in [0.1, 0.15) is 26.4 Å². The SMILES string of the molecule is Cc1cc(S(=O)(=O)Nc2ccc3c4c(cccc24)CC3)sc1C(=O)O. The number of rotatable bonds is 4. The maximum atomic E-state index is 12.7. The van der Waals surface area contributed by atoms with Gasteiger partial charge in [-0.1, -0.05) is 24.3 Å². The number of carbonyl (C=O) groups is 1. The molecule has 0 saturated heterocycles. The number of nitrogens with one attached hydrogen (secondary N) is 1. The molecule has 1 heterocycles. The van der Waals surface area contributed by atoms with E-state index in [9.17, 15) is 13.2 Å². The van der Waals surface area contributed by atoms with E-state index in [1.165, 1.54) is 17.2 Å².